The molecule has 1 saturated carbocycles. The van der Waals surface area contributed by atoms with Crippen LogP contribution in [-0.4, -0.2) is 20.1 Å². The van der Waals surface area contributed by atoms with E-state index in [0.717, 1.165) is 35.6 Å². The second kappa shape index (κ2) is 9.14. The minimum Gasteiger partial charge on any atom is -0.461 e. The molecule has 1 fully saturated rings. The van der Waals surface area contributed by atoms with Crippen molar-refractivity contribution < 1.29 is 22.4 Å². The molecule has 1 aliphatic rings. The largest absolute Gasteiger partial charge is 0.461 e. The molecule has 6 nitrogen and oxygen atoms in total. The first kappa shape index (κ1) is 23.2. The third-order valence-corrected chi connectivity index (χ3v) is 8.20. The predicted octanol–water partition coefficient (Wildman–Crippen LogP) is 5.81. The minimum absolute atomic E-state index is 0.0686. The van der Waals surface area contributed by atoms with E-state index in [-0.39, 0.29) is 22.3 Å². The fraction of sp³-hybridized carbons (Fsp3) is 0.385. The zero-order chi connectivity index (χ0) is 23.8. The molecule has 7 heteroatoms. The molecular weight excluding hydrogens is 438 g/mol. The predicted molar refractivity (Wildman–Crippen MR) is 128 cm³/mol. The van der Waals surface area contributed by atoms with Crippen molar-refractivity contribution in [2.75, 3.05) is 4.31 Å². The van der Waals surface area contributed by atoms with E-state index in [9.17, 15) is 18.0 Å². The summed E-state index contributed by atoms with van der Waals surface area (Å²) in [6.45, 7) is 5.14. The Bertz CT molecular complexity index is 1300. The van der Waals surface area contributed by atoms with Gasteiger partial charge in [-0.3, -0.25) is 9.59 Å². The van der Waals surface area contributed by atoms with Crippen LogP contribution in [0.3, 0.4) is 0 Å². The van der Waals surface area contributed by atoms with Crippen LogP contribution in [0.2, 0.25) is 0 Å². The Hall–Kier alpha value is -2.93. The standard InChI is InChI=1S/C26H29NO5S/c1-4-19-10-13-22(14-11-19)33(30,31)27(26(29)20-8-6-5-7-9-20)21-12-15-24-23(16-21)25(17(2)28)18(3)32-24/h10-16,20H,4-9H2,1-3H3. The van der Waals surface area contributed by atoms with Gasteiger partial charge in [0.05, 0.1) is 16.1 Å². The SMILES string of the molecule is CCc1ccc(S(=O)(=O)N(C(=O)C2CCCCC2)c2ccc3oc(C)c(C(C)=O)c3c2)cc1. The number of fused-ring (bicyclic) bond motifs is 1. The molecule has 1 aromatic heterocycles. The highest BCUT2D eigenvalue weighted by atomic mass is 32.2. The summed E-state index contributed by atoms with van der Waals surface area (Å²) in [5, 5.41) is 0.510. The van der Waals surface area contributed by atoms with Gasteiger partial charge < -0.3 is 4.42 Å². The molecule has 0 bridgehead atoms. The van der Waals surface area contributed by atoms with Gasteiger partial charge in [-0.1, -0.05) is 38.3 Å². The van der Waals surface area contributed by atoms with Crippen LogP contribution in [0.5, 0.6) is 0 Å². The van der Waals surface area contributed by atoms with E-state index in [4.69, 9.17) is 4.42 Å². The Labute approximate surface area is 194 Å². The van der Waals surface area contributed by atoms with Gasteiger partial charge in [-0.15, -0.1) is 0 Å². The normalized spacial score (nSPS) is 15.0. The van der Waals surface area contributed by atoms with Crippen LogP contribution in [0.1, 0.15) is 67.6 Å². The highest BCUT2D eigenvalue weighted by Gasteiger charge is 2.36. The number of carbonyl (C=O) groups is 2. The summed E-state index contributed by atoms with van der Waals surface area (Å²) in [6, 6.07) is 11.4. The van der Waals surface area contributed by atoms with Crippen LogP contribution in [0, 0.1) is 12.8 Å². The summed E-state index contributed by atoms with van der Waals surface area (Å²) in [6.07, 6.45) is 5.00. The van der Waals surface area contributed by atoms with Crippen molar-refractivity contribution >= 4 is 38.4 Å². The average Bonchev–Trinajstić information content (AvgIpc) is 3.14. The average molecular weight is 468 g/mol. The molecule has 0 unspecified atom stereocenters. The van der Waals surface area contributed by atoms with Crippen molar-refractivity contribution in [1.82, 2.24) is 0 Å². The van der Waals surface area contributed by atoms with Crippen LogP contribution < -0.4 is 4.31 Å². The first-order valence-electron chi connectivity index (χ1n) is 11.5. The van der Waals surface area contributed by atoms with Crippen LogP contribution in [0.15, 0.2) is 51.8 Å². The smallest absolute Gasteiger partial charge is 0.270 e. The zero-order valence-electron chi connectivity index (χ0n) is 19.3. The third kappa shape index (κ3) is 4.34. The number of amides is 1. The number of furan rings is 1. The number of Topliss-reactive ketones (excluding diaryl/α,β-unsaturated/α-hetero) is 1. The lowest BCUT2D eigenvalue weighted by molar-refractivity contribution is -0.122. The summed E-state index contributed by atoms with van der Waals surface area (Å²) in [4.78, 5) is 26.0. The molecule has 0 N–H and O–H groups in total. The number of hydrogen-bond donors (Lipinski definition) is 0. The maximum absolute atomic E-state index is 13.8. The van der Waals surface area contributed by atoms with Gasteiger partial charge in [0.1, 0.15) is 11.3 Å². The summed E-state index contributed by atoms with van der Waals surface area (Å²) < 4.78 is 34.2. The van der Waals surface area contributed by atoms with Gasteiger partial charge in [0, 0.05) is 11.3 Å². The van der Waals surface area contributed by atoms with Gasteiger partial charge in [0.2, 0.25) is 5.91 Å². The Kier molecular flexibility index (Phi) is 6.43. The van der Waals surface area contributed by atoms with Gasteiger partial charge in [0.25, 0.3) is 10.0 Å². The van der Waals surface area contributed by atoms with Gasteiger partial charge in [-0.25, -0.2) is 12.7 Å². The molecule has 0 aliphatic heterocycles. The molecule has 1 heterocycles. The number of benzene rings is 2. The first-order valence-corrected chi connectivity index (χ1v) is 12.9. The van der Waals surface area contributed by atoms with E-state index >= 15 is 0 Å². The van der Waals surface area contributed by atoms with Crippen LogP contribution in [-0.2, 0) is 21.2 Å². The number of hydrogen-bond acceptors (Lipinski definition) is 5. The Morgan fingerprint density at radius 1 is 1.03 bits per heavy atom. The Balaban J connectivity index is 1.87. The second-order valence-corrected chi connectivity index (χ2v) is 10.5. The summed E-state index contributed by atoms with van der Waals surface area (Å²) in [5.74, 6) is -0.472. The van der Waals surface area contributed by atoms with Crippen molar-refractivity contribution in [3.8, 4) is 0 Å². The number of rotatable bonds is 6. The number of nitrogens with zero attached hydrogens (tertiary/aromatic N) is 1. The van der Waals surface area contributed by atoms with Crippen molar-refractivity contribution in [2.24, 2.45) is 5.92 Å². The topological polar surface area (TPSA) is 84.7 Å². The van der Waals surface area contributed by atoms with E-state index in [0.29, 0.717) is 35.1 Å². The minimum atomic E-state index is -4.15. The van der Waals surface area contributed by atoms with Gasteiger partial charge in [-0.05, 0) is 69.0 Å². The molecule has 0 radical (unpaired) electrons. The number of carbonyl (C=O) groups excluding carboxylic acids is 2. The summed E-state index contributed by atoms with van der Waals surface area (Å²) in [5.41, 5.74) is 2.12. The second-order valence-electron chi connectivity index (χ2n) is 8.71. The highest BCUT2D eigenvalue weighted by molar-refractivity contribution is 7.93. The van der Waals surface area contributed by atoms with Crippen LogP contribution >= 0.6 is 0 Å². The number of ketones is 1. The Morgan fingerprint density at radius 3 is 2.30 bits per heavy atom. The lowest BCUT2D eigenvalue weighted by Gasteiger charge is -2.29. The molecule has 0 spiro atoms. The zero-order valence-corrected chi connectivity index (χ0v) is 20.1. The van der Waals surface area contributed by atoms with E-state index in [2.05, 4.69) is 0 Å². The van der Waals surface area contributed by atoms with E-state index in [1.54, 1.807) is 49.4 Å². The molecular formula is C26H29NO5S. The molecule has 4 rings (SSSR count). The van der Waals surface area contributed by atoms with E-state index in [1.807, 2.05) is 6.92 Å². The lowest BCUT2D eigenvalue weighted by Crippen LogP contribution is -2.41. The molecule has 33 heavy (non-hydrogen) atoms. The highest BCUT2D eigenvalue weighted by Crippen LogP contribution is 2.35. The number of aryl methyl sites for hydroxylation is 2. The summed E-state index contributed by atoms with van der Waals surface area (Å²) >= 11 is 0. The third-order valence-electron chi connectivity index (χ3n) is 6.46. The monoisotopic (exact) mass is 467 g/mol. The van der Waals surface area contributed by atoms with Crippen molar-refractivity contribution in [3.63, 3.8) is 0 Å². The number of sulfonamides is 1. The maximum Gasteiger partial charge on any atom is 0.270 e. The van der Waals surface area contributed by atoms with Crippen molar-refractivity contribution in [3.05, 3.63) is 59.4 Å². The fourth-order valence-corrected chi connectivity index (χ4v) is 6.14. The molecule has 2 aromatic carbocycles. The quantitative estimate of drug-likeness (QED) is 0.427. The molecule has 3 aromatic rings. The van der Waals surface area contributed by atoms with Crippen LogP contribution in [0.4, 0.5) is 5.69 Å². The summed E-state index contributed by atoms with van der Waals surface area (Å²) in [7, 11) is -4.15. The van der Waals surface area contributed by atoms with Gasteiger partial charge in [0.15, 0.2) is 5.78 Å². The Morgan fingerprint density at radius 2 is 1.70 bits per heavy atom. The van der Waals surface area contributed by atoms with Gasteiger partial charge in [-0.2, -0.15) is 0 Å². The number of anilines is 1. The van der Waals surface area contributed by atoms with E-state index in [1.165, 1.54) is 6.92 Å². The molecule has 174 valence electrons. The first-order chi connectivity index (χ1) is 15.7. The maximum atomic E-state index is 13.8. The molecule has 1 aliphatic carbocycles. The lowest BCUT2D eigenvalue weighted by atomic mass is 9.88. The molecule has 1 amide bonds. The van der Waals surface area contributed by atoms with E-state index < -0.39 is 15.9 Å². The molecule has 0 atom stereocenters. The van der Waals surface area contributed by atoms with Gasteiger partial charge >= 0.3 is 0 Å². The van der Waals surface area contributed by atoms with Crippen molar-refractivity contribution in [1.29, 1.82) is 0 Å². The fourth-order valence-electron chi connectivity index (χ4n) is 4.67. The molecule has 0 saturated heterocycles. The van der Waals surface area contributed by atoms with Crippen LogP contribution in [0.25, 0.3) is 11.0 Å². The van der Waals surface area contributed by atoms with Crippen molar-refractivity contribution in [2.45, 2.75) is 64.2 Å².